The molecule has 0 aliphatic carbocycles. The van der Waals surface area contributed by atoms with Crippen molar-refractivity contribution in [1.82, 2.24) is 10.6 Å². The predicted molar refractivity (Wildman–Crippen MR) is 81.9 cm³/mol. The first kappa shape index (κ1) is 16.0. The number of benzene rings is 1. The first-order valence-electron chi connectivity index (χ1n) is 7.12. The minimum Gasteiger partial charge on any atom is -0.494 e. The Morgan fingerprint density at radius 2 is 1.74 bits per heavy atom. The number of likely N-dealkylation sites (N-methyl/N-ethyl adjacent to an activating group) is 1. The lowest BCUT2D eigenvalue weighted by Crippen LogP contribution is -2.36. The van der Waals surface area contributed by atoms with Crippen LogP contribution >= 0.6 is 0 Å². The van der Waals surface area contributed by atoms with Crippen LogP contribution in [0.2, 0.25) is 0 Å². The van der Waals surface area contributed by atoms with Gasteiger partial charge in [0, 0.05) is 5.54 Å². The van der Waals surface area contributed by atoms with Gasteiger partial charge in [-0.1, -0.05) is 12.1 Å². The van der Waals surface area contributed by atoms with E-state index in [0.717, 1.165) is 38.3 Å². The van der Waals surface area contributed by atoms with Crippen LogP contribution in [0.25, 0.3) is 0 Å². The van der Waals surface area contributed by atoms with Crippen molar-refractivity contribution in [3.05, 3.63) is 29.8 Å². The molecule has 1 aromatic carbocycles. The second-order valence-electron chi connectivity index (χ2n) is 5.88. The molecule has 0 amide bonds. The average molecular weight is 264 g/mol. The molecule has 0 aliphatic rings. The summed E-state index contributed by atoms with van der Waals surface area (Å²) in [5.74, 6) is 0.962. The monoisotopic (exact) mass is 264 g/mol. The molecule has 0 aliphatic heterocycles. The van der Waals surface area contributed by atoms with E-state index in [-0.39, 0.29) is 5.54 Å². The maximum absolute atomic E-state index is 5.72. The summed E-state index contributed by atoms with van der Waals surface area (Å²) in [7, 11) is 1.98. The molecule has 0 aromatic heterocycles. The summed E-state index contributed by atoms with van der Waals surface area (Å²) in [6.07, 6.45) is 2.09. The van der Waals surface area contributed by atoms with Crippen LogP contribution in [0.15, 0.2) is 24.3 Å². The van der Waals surface area contributed by atoms with Crippen molar-refractivity contribution in [2.24, 2.45) is 0 Å². The van der Waals surface area contributed by atoms with E-state index < -0.39 is 0 Å². The van der Waals surface area contributed by atoms with Gasteiger partial charge in [0.15, 0.2) is 0 Å². The summed E-state index contributed by atoms with van der Waals surface area (Å²) in [6, 6.07) is 8.39. The van der Waals surface area contributed by atoms with E-state index in [1.165, 1.54) is 5.56 Å². The van der Waals surface area contributed by atoms with Crippen molar-refractivity contribution in [3.8, 4) is 5.75 Å². The lowest BCUT2D eigenvalue weighted by Gasteiger charge is -2.20. The summed E-state index contributed by atoms with van der Waals surface area (Å²) >= 11 is 0. The molecular formula is C16H28N2O. The van der Waals surface area contributed by atoms with E-state index >= 15 is 0 Å². The molecule has 0 saturated heterocycles. The Morgan fingerprint density at radius 3 is 2.32 bits per heavy atom. The topological polar surface area (TPSA) is 33.3 Å². The fourth-order valence-corrected chi connectivity index (χ4v) is 1.75. The third-order valence-electron chi connectivity index (χ3n) is 2.83. The molecule has 0 spiro atoms. The van der Waals surface area contributed by atoms with Gasteiger partial charge in [-0.2, -0.15) is 0 Å². The van der Waals surface area contributed by atoms with E-state index in [1.807, 2.05) is 7.05 Å². The van der Waals surface area contributed by atoms with Crippen molar-refractivity contribution in [3.63, 3.8) is 0 Å². The molecule has 108 valence electrons. The van der Waals surface area contributed by atoms with Crippen LogP contribution in [-0.4, -0.2) is 32.3 Å². The third-order valence-corrected chi connectivity index (χ3v) is 2.83. The molecule has 0 heterocycles. The van der Waals surface area contributed by atoms with Crippen LogP contribution in [0.1, 0.15) is 32.8 Å². The Hall–Kier alpha value is -1.06. The number of hydrogen-bond donors (Lipinski definition) is 2. The molecule has 3 heteroatoms. The second kappa shape index (κ2) is 8.18. The zero-order valence-corrected chi connectivity index (χ0v) is 12.8. The van der Waals surface area contributed by atoms with Crippen molar-refractivity contribution >= 4 is 0 Å². The largest absolute Gasteiger partial charge is 0.494 e. The summed E-state index contributed by atoms with van der Waals surface area (Å²) in [5, 5.41) is 6.61. The predicted octanol–water partition coefficient (Wildman–Crippen LogP) is 2.61. The van der Waals surface area contributed by atoms with Crippen molar-refractivity contribution in [2.75, 3.05) is 26.7 Å². The molecule has 0 fully saturated rings. The second-order valence-corrected chi connectivity index (χ2v) is 5.88. The summed E-state index contributed by atoms with van der Waals surface area (Å²) in [4.78, 5) is 0. The maximum Gasteiger partial charge on any atom is 0.119 e. The zero-order valence-electron chi connectivity index (χ0n) is 12.8. The minimum absolute atomic E-state index is 0.189. The molecule has 0 unspecified atom stereocenters. The van der Waals surface area contributed by atoms with Gasteiger partial charge in [-0.15, -0.1) is 0 Å². The Balaban J connectivity index is 2.19. The average Bonchev–Trinajstić information content (AvgIpc) is 2.36. The van der Waals surface area contributed by atoms with Crippen LogP contribution in [-0.2, 0) is 6.42 Å². The van der Waals surface area contributed by atoms with Gasteiger partial charge in [0.2, 0.25) is 0 Å². The molecule has 2 N–H and O–H groups in total. The molecule has 0 bridgehead atoms. The Labute approximate surface area is 117 Å². The number of ether oxygens (including phenoxy) is 1. The first-order chi connectivity index (χ1) is 9.01. The van der Waals surface area contributed by atoms with Gasteiger partial charge in [0.05, 0.1) is 6.61 Å². The van der Waals surface area contributed by atoms with Gasteiger partial charge in [0.1, 0.15) is 5.75 Å². The molecular weight excluding hydrogens is 236 g/mol. The Kier molecular flexibility index (Phi) is 6.89. The van der Waals surface area contributed by atoms with Crippen LogP contribution in [0, 0.1) is 0 Å². The quantitative estimate of drug-likeness (QED) is 0.708. The summed E-state index contributed by atoms with van der Waals surface area (Å²) < 4.78 is 5.72. The molecule has 19 heavy (non-hydrogen) atoms. The highest BCUT2D eigenvalue weighted by atomic mass is 16.5. The molecule has 3 nitrogen and oxygen atoms in total. The van der Waals surface area contributed by atoms with Gasteiger partial charge in [0.25, 0.3) is 0 Å². The van der Waals surface area contributed by atoms with Crippen molar-refractivity contribution in [1.29, 1.82) is 0 Å². The van der Waals surface area contributed by atoms with Crippen molar-refractivity contribution in [2.45, 2.75) is 39.2 Å². The van der Waals surface area contributed by atoms with E-state index in [0.29, 0.717) is 0 Å². The molecule has 1 rings (SSSR count). The van der Waals surface area contributed by atoms with Crippen LogP contribution in [0.3, 0.4) is 0 Å². The Bertz CT molecular complexity index is 341. The Morgan fingerprint density at radius 1 is 1.05 bits per heavy atom. The first-order valence-corrected chi connectivity index (χ1v) is 7.12. The van der Waals surface area contributed by atoms with Gasteiger partial charge in [-0.25, -0.2) is 0 Å². The maximum atomic E-state index is 5.72. The van der Waals surface area contributed by atoms with Gasteiger partial charge in [-0.3, -0.25) is 0 Å². The molecule has 0 radical (unpaired) electrons. The van der Waals surface area contributed by atoms with E-state index in [9.17, 15) is 0 Å². The number of nitrogens with one attached hydrogen (secondary N) is 2. The fraction of sp³-hybridized carbons (Fsp3) is 0.625. The molecule has 0 saturated carbocycles. The van der Waals surface area contributed by atoms with E-state index in [2.05, 4.69) is 55.7 Å². The molecule has 1 aromatic rings. The summed E-state index contributed by atoms with van der Waals surface area (Å²) in [6.45, 7) is 9.30. The molecule has 0 atom stereocenters. The lowest BCUT2D eigenvalue weighted by atomic mass is 10.1. The highest BCUT2D eigenvalue weighted by Crippen LogP contribution is 2.12. The summed E-state index contributed by atoms with van der Waals surface area (Å²) in [5.41, 5.74) is 1.53. The smallest absolute Gasteiger partial charge is 0.119 e. The third kappa shape index (κ3) is 7.85. The lowest BCUT2D eigenvalue weighted by molar-refractivity contribution is 0.298. The standard InChI is InChI=1S/C16H28N2O/c1-16(2,3)18-11-5-13-19-15-8-6-14(7-9-15)10-12-17-4/h6-9,17-18H,5,10-13H2,1-4H3. The number of rotatable bonds is 8. The van der Waals surface area contributed by atoms with Crippen LogP contribution < -0.4 is 15.4 Å². The fourth-order valence-electron chi connectivity index (χ4n) is 1.75. The highest BCUT2D eigenvalue weighted by molar-refractivity contribution is 5.27. The highest BCUT2D eigenvalue weighted by Gasteiger charge is 2.07. The van der Waals surface area contributed by atoms with Gasteiger partial charge < -0.3 is 15.4 Å². The van der Waals surface area contributed by atoms with Gasteiger partial charge >= 0.3 is 0 Å². The van der Waals surface area contributed by atoms with Crippen LogP contribution in [0.5, 0.6) is 5.75 Å². The number of hydrogen-bond acceptors (Lipinski definition) is 3. The SMILES string of the molecule is CNCCc1ccc(OCCCNC(C)(C)C)cc1. The van der Waals surface area contributed by atoms with E-state index in [1.54, 1.807) is 0 Å². The zero-order chi connectivity index (χ0) is 14.1. The van der Waals surface area contributed by atoms with Gasteiger partial charge in [-0.05, 0) is 71.4 Å². The normalized spacial score (nSPS) is 11.6. The van der Waals surface area contributed by atoms with Crippen LogP contribution in [0.4, 0.5) is 0 Å². The van der Waals surface area contributed by atoms with E-state index in [4.69, 9.17) is 4.74 Å². The van der Waals surface area contributed by atoms with Crippen molar-refractivity contribution < 1.29 is 4.74 Å². The minimum atomic E-state index is 0.189.